The van der Waals surface area contributed by atoms with Gasteiger partial charge in [0.2, 0.25) is 0 Å². The van der Waals surface area contributed by atoms with Gasteiger partial charge in [-0.1, -0.05) is 0 Å². The summed E-state index contributed by atoms with van der Waals surface area (Å²) < 4.78 is 0. The summed E-state index contributed by atoms with van der Waals surface area (Å²) >= 11 is 0. The minimum atomic E-state index is -3.37. The molecule has 0 aromatic heterocycles. The molecule has 0 aliphatic carbocycles. The van der Waals surface area contributed by atoms with Gasteiger partial charge in [-0.2, -0.15) is 0 Å². The van der Waals surface area contributed by atoms with E-state index in [2.05, 4.69) is 0 Å². The SMILES string of the molecule is [O-]P([O-])[O-].[Sn+3]. The summed E-state index contributed by atoms with van der Waals surface area (Å²) in [4.78, 5) is 25.4. The van der Waals surface area contributed by atoms with Crippen LogP contribution in [0.25, 0.3) is 0 Å². The van der Waals surface area contributed by atoms with Crippen molar-refractivity contribution < 1.29 is 14.7 Å². The third-order valence-electron chi connectivity index (χ3n) is 0. The molecule has 0 atom stereocenters. The molecule has 0 aromatic carbocycles. The van der Waals surface area contributed by atoms with Gasteiger partial charge in [0.15, 0.2) is 0 Å². The first-order valence-electron chi connectivity index (χ1n) is 0.548. The largest absolute Gasteiger partial charge is 3.00 e. The van der Waals surface area contributed by atoms with Crippen LogP contribution in [0.1, 0.15) is 0 Å². The van der Waals surface area contributed by atoms with Gasteiger partial charge in [0.25, 0.3) is 0 Å². The predicted octanol–water partition coefficient (Wildman–Crippen LogP) is -3.09. The van der Waals surface area contributed by atoms with Crippen molar-refractivity contribution in [2.75, 3.05) is 0 Å². The summed E-state index contributed by atoms with van der Waals surface area (Å²) in [6, 6.07) is 0. The van der Waals surface area contributed by atoms with Crippen molar-refractivity contribution >= 4 is 32.5 Å². The standard InChI is InChI=1S/O3P.Sn/c1-4(2)3;/q-3;+3. The van der Waals surface area contributed by atoms with E-state index in [1.807, 2.05) is 0 Å². The molecule has 0 aliphatic rings. The molecule has 0 rings (SSSR count). The van der Waals surface area contributed by atoms with E-state index in [1.54, 1.807) is 0 Å². The Bertz CT molecular complexity index is 11.6. The van der Waals surface area contributed by atoms with E-state index in [0.717, 1.165) is 0 Å². The Balaban J connectivity index is 0. The van der Waals surface area contributed by atoms with Crippen LogP contribution in [-0.4, -0.2) is 23.9 Å². The maximum atomic E-state index is 8.48. The normalized spacial score (nSPS) is 7.20. The predicted molar refractivity (Wildman–Crippen MR) is 12.7 cm³/mol. The molecule has 0 bridgehead atoms. The number of hydrogen-bond donors (Lipinski definition) is 0. The van der Waals surface area contributed by atoms with E-state index in [1.165, 1.54) is 0 Å². The van der Waals surface area contributed by atoms with Crippen molar-refractivity contribution in [2.24, 2.45) is 0 Å². The second kappa shape index (κ2) is 5.11. The van der Waals surface area contributed by atoms with Gasteiger partial charge >= 0.3 is 23.9 Å². The van der Waals surface area contributed by atoms with Crippen LogP contribution in [0.2, 0.25) is 0 Å². The van der Waals surface area contributed by atoms with E-state index in [4.69, 9.17) is 14.7 Å². The van der Waals surface area contributed by atoms with Crippen LogP contribution >= 0.6 is 8.60 Å². The molecule has 1 radical (unpaired) electrons. The maximum Gasteiger partial charge on any atom is 3.00 e. The fourth-order valence-electron chi connectivity index (χ4n) is 0. The van der Waals surface area contributed by atoms with Gasteiger partial charge < -0.3 is 23.3 Å². The fraction of sp³-hybridized carbons (Fsp3) is 0. The fourth-order valence-corrected chi connectivity index (χ4v) is 0. The molecule has 0 aromatic rings. The molecule has 5 heteroatoms. The van der Waals surface area contributed by atoms with Gasteiger partial charge in [-0.15, -0.1) is 0 Å². The average Bonchev–Trinajstić information content (AvgIpc) is 0.811. The molecule has 0 amide bonds. The van der Waals surface area contributed by atoms with Gasteiger partial charge in [0.05, 0.1) is 0 Å². The number of hydrogen-bond acceptors (Lipinski definition) is 3. The smallest absolute Gasteiger partial charge is 0.854 e. The molecule has 0 unspecified atom stereocenters. The Morgan fingerprint density at radius 1 is 1.00 bits per heavy atom. The van der Waals surface area contributed by atoms with Crippen molar-refractivity contribution in [3.05, 3.63) is 0 Å². The molecule has 3 nitrogen and oxygen atoms in total. The molecule has 5 heavy (non-hydrogen) atoms. The Morgan fingerprint density at radius 3 is 1.00 bits per heavy atom. The van der Waals surface area contributed by atoms with E-state index < -0.39 is 8.60 Å². The third-order valence-corrected chi connectivity index (χ3v) is 0. The average molecular weight is 198 g/mol. The quantitative estimate of drug-likeness (QED) is 0.306. The molecular weight excluding hydrogens is 198 g/mol. The van der Waals surface area contributed by atoms with Gasteiger partial charge in [0, 0.05) is 0 Å². The van der Waals surface area contributed by atoms with Crippen molar-refractivity contribution in [3.8, 4) is 0 Å². The van der Waals surface area contributed by atoms with Crippen molar-refractivity contribution in [2.45, 2.75) is 0 Å². The van der Waals surface area contributed by atoms with E-state index in [-0.39, 0.29) is 23.9 Å². The zero-order chi connectivity index (χ0) is 3.58. The van der Waals surface area contributed by atoms with Gasteiger partial charge in [-0.3, -0.25) is 0 Å². The van der Waals surface area contributed by atoms with Crippen LogP contribution in [0.4, 0.5) is 0 Å². The first kappa shape index (κ1) is 9.44. The molecule has 0 fully saturated rings. The third kappa shape index (κ3) is 40.2. The Kier molecular flexibility index (Phi) is 9.65. The maximum absolute atomic E-state index is 8.48. The van der Waals surface area contributed by atoms with E-state index in [9.17, 15) is 0 Å². The van der Waals surface area contributed by atoms with Gasteiger partial charge in [0.1, 0.15) is 0 Å². The topological polar surface area (TPSA) is 69.2 Å². The second-order valence-corrected chi connectivity index (χ2v) is 0.671. The summed E-state index contributed by atoms with van der Waals surface area (Å²) in [5.74, 6) is 0. The summed E-state index contributed by atoms with van der Waals surface area (Å²) in [7, 11) is -3.37. The van der Waals surface area contributed by atoms with Crippen LogP contribution < -0.4 is 14.7 Å². The van der Waals surface area contributed by atoms with Crippen LogP contribution in [0.15, 0.2) is 0 Å². The molecule has 27 valence electrons. The first-order chi connectivity index (χ1) is 1.73. The second-order valence-electron chi connectivity index (χ2n) is 0.224. The summed E-state index contributed by atoms with van der Waals surface area (Å²) in [6.45, 7) is 0. The van der Waals surface area contributed by atoms with Crippen molar-refractivity contribution in [1.82, 2.24) is 0 Å². The Labute approximate surface area is 47.6 Å². The van der Waals surface area contributed by atoms with Gasteiger partial charge in [-0.25, -0.2) is 0 Å². The summed E-state index contributed by atoms with van der Waals surface area (Å²) in [5, 5.41) is 0. The van der Waals surface area contributed by atoms with Crippen LogP contribution in [-0.2, 0) is 0 Å². The van der Waals surface area contributed by atoms with Crippen LogP contribution in [0, 0.1) is 0 Å². The zero-order valence-electron chi connectivity index (χ0n) is 2.17. The van der Waals surface area contributed by atoms with Crippen molar-refractivity contribution in [1.29, 1.82) is 0 Å². The minimum absolute atomic E-state index is 0. The first-order valence-corrected chi connectivity index (χ1v) is 1.64. The van der Waals surface area contributed by atoms with Crippen molar-refractivity contribution in [3.63, 3.8) is 0 Å². The van der Waals surface area contributed by atoms with E-state index >= 15 is 0 Å². The molecule has 0 aliphatic heterocycles. The molecular formula is O3PSn. The molecule has 0 heterocycles. The van der Waals surface area contributed by atoms with E-state index in [0.29, 0.717) is 0 Å². The molecule has 0 spiro atoms. The Morgan fingerprint density at radius 2 is 1.00 bits per heavy atom. The molecule has 0 saturated heterocycles. The minimum Gasteiger partial charge on any atom is -0.854 e. The van der Waals surface area contributed by atoms with Gasteiger partial charge in [-0.05, 0) is 0 Å². The number of rotatable bonds is 0. The Hall–Kier alpha value is 1.11. The monoisotopic (exact) mass is 199 g/mol. The van der Waals surface area contributed by atoms with Crippen LogP contribution in [0.3, 0.4) is 0 Å². The zero-order valence-corrected chi connectivity index (χ0v) is 5.92. The van der Waals surface area contributed by atoms with Crippen LogP contribution in [0.5, 0.6) is 0 Å². The summed E-state index contributed by atoms with van der Waals surface area (Å²) in [5.41, 5.74) is 0. The molecule has 0 N–H and O–H groups in total. The molecule has 0 saturated carbocycles. The summed E-state index contributed by atoms with van der Waals surface area (Å²) in [6.07, 6.45) is 0.